The quantitative estimate of drug-likeness (QED) is 0.719. The lowest BCUT2D eigenvalue weighted by atomic mass is 10.1. The van der Waals surface area contributed by atoms with Crippen molar-refractivity contribution in [3.05, 3.63) is 42.2 Å². The van der Waals surface area contributed by atoms with Crippen molar-refractivity contribution < 1.29 is 9.21 Å². The molecule has 1 amide bonds. The number of rotatable bonds is 6. The number of thiazole rings is 1. The summed E-state index contributed by atoms with van der Waals surface area (Å²) < 4.78 is 6.96. The van der Waals surface area contributed by atoms with Gasteiger partial charge < -0.3 is 9.73 Å². The van der Waals surface area contributed by atoms with Gasteiger partial charge in [0, 0.05) is 5.92 Å². The number of nitrogens with zero attached hydrogens (tertiary/aromatic N) is 1. The lowest BCUT2D eigenvalue weighted by molar-refractivity contribution is -0.124. The number of aromatic nitrogens is 1. The van der Waals surface area contributed by atoms with Crippen molar-refractivity contribution >= 4 is 27.5 Å². The molecule has 4 nitrogen and oxygen atoms in total. The smallest absolute Gasteiger partial charge is 0.223 e. The predicted molar refractivity (Wildman–Crippen MR) is 93.2 cm³/mol. The van der Waals surface area contributed by atoms with E-state index in [2.05, 4.69) is 23.3 Å². The van der Waals surface area contributed by atoms with Gasteiger partial charge in [-0.3, -0.25) is 4.79 Å². The number of amides is 1. The zero-order chi connectivity index (χ0) is 16.2. The van der Waals surface area contributed by atoms with Crippen LogP contribution in [0.15, 0.2) is 40.8 Å². The van der Waals surface area contributed by atoms with E-state index in [1.807, 2.05) is 37.3 Å². The third-order valence-electron chi connectivity index (χ3n) is 3.77. The Bertz CT molecular complexity index is 773. The van der Waals surface area contributed by atoms with Crippen LogP contribution in [0.3, 0.4) is 0 Å². The normalized spacial score (nSPS) is 12.4. The van der Waals surface area contributed by atoms with Gasteiger partial charge in [0.25, 0.3) is 0 Å². The highest BCUT2D eigenvalue weighted by molar-refractivity contribution is 7.21. The van der Waals surface area contributed by atoms with Gasteiger partial charge >= 0.3 is 0 Å². The average Bonchev–Trinajstić information content (AvgIpc) is 3.19. The first-order valence-electron chi connectivity index (χ1n) is 7.89. The summed E-state index contributed by atoms with van der Waals surface area (Å²) in [6.45, 7) is 4.45. The van der Waals surface area contributed by atoms with E-state index in [9.17, 15) is 4.79 Å². The highest BCUT2D eigenvalue weighted by atomic mass is 32.1. The van der Waals surface area contributed by atoms with Crippen LogP contribution in [0.5, 0.6) is 0 Å². The second-order valence-electron chi connectivity index (χ2n) is 5.66. The van der Waals surface area contributed by atoms with E-state index in [4.69, 9.17) is 4.42 Å². The number of carbonyl (C=O) groups excluding carboxylic acids is 1. The molecule has 1 aromatic carbocycles. The summed E-state index contributed by atoms with van der Waals surface area (Å²) in [5.41, 5.74) is 0.979. The van der Waals surface area contributed by atoms with Crippen LogP contribution in [0.25, 0.3) is 21.0 Å². The summed E-state index contributed by atoms with van der Waals surface area (Å²) in [4.78, 5) is 16.5. The highest BCUT2D eigenvalue weighted by Gasteiger charge is 2.13. The van der Waals surface area contributed by atoms with Gasteiger partial charge in [-0.2, -0.15) is 0 Å². The fourth-order valence-corrected chi connectivity index (χ4v) is 3.41. The molecule has 1 atom stereocenters. The first-order chi connectivity index (χ1) is 11.2. The highest BCUT2D eigenvalue weighted by Crippen LogP contribution is 2.31. The van der Waals surface area contributed by atoms with Gasteiger partial charge in [-0.05, 0) is 30.7 Å². The van der Waals surface area contributed by atoms with Gasteiger partial charge in [-0.15, -0.1) is 11.3 Å². The van der Waals surface area contributed by atoms with E-state index in [1.165, 1.54) is 0 Å². The van der Waals surface area contributed by atoms with Crippen LogP contribution in [-0.2, 0) is 11.3 Å². The molecule has 0 radical (unpaired) electrons. The van der Waals surface area contributed by atoms with Crippen molar-refractivity contribution in [3.8, 4) is 10.8 Å². The van der Waals surface area contributed by atoms with Crippen LogP contribution >= 0.6 is 11.3 Å². The summed E-state index contributed by atoms with van der Waals surface area (Å²) in [7, 11) is 0. The molecule has 0 saturated heterocycles. The molecule has 0 aliphatic carbocycles. The second-order valence-corrected chi connectivity index (χ2v) is 6.69. The van der Waals surface area contributed by atoms with E-state index in [0.29, 0.717) is 6.54 Å². The van der Waals surface area contributed by atoms with Gasteiger partial charge in [-0.1, -0.05) is 32.4 Å². The first kappa shape index (κ1) is 15.7. The van der Waals surface area contributed by atoms with Crippen LogP contribution in [0.1, 0.15) is 32.4 Å². The first-order valence-corrected chi connectivity index (χ1v) is 8.71. The molecule has 0 bridgehead atoms. The molecule has 0 spiro atoms. The van der Waals surface area contributed by atoms with Gasteiger partial charge in [0.05, 0.1) is 16.8 Å². The fraction of sp³-hybridized carbons (Fsp3) is 0.333. The SMILES string of the molecule is CCCC(C)C(=O)NCc1ccc(-c2nc3ccccc3s2)o1. The van der Waals surface area contributed by atoms with Crippen LogP contribution in [-0.4, -0.2) is 10.9 Å². The van der Waals surface area contributed by atoms with Crippen molar-refractivity contribution in [1.29, 1.82) is 0 Å². The number of hydrogen-bond donors (Lipinski definition) is 1. The Hall–Kier alpha value is -2.14. The van der Waals surface area contributed by atoms with E-state index < -0.39 is 0 Å². The van der Waals surface area contributed by atoms with E-state index in [-0.39, 0.29) is 11.8 Å². The van der Waals surface area contributed by atoms with Crippen molar-refractivity contribution in [2.45, 2.75) is 33.2 Å². The molecule has 3 rings (SSSR count). The summed E-state index contributed by atoms with van der Waals surface area (Å²) in [6, 6.07) is 11.8. The average molecular weight is 328 g/mol. The predicted octanol–water partition coefficient (Wildman–Crippen LogP) is 4.61. The van der Waals surface area contributed by atoms with E-state index >= 15 is 0 Å². The van der Waals surface area contributed by atoms with Gasteiger partial charge in [-0.25, -0.2) is 4.98 Å². The zero-order valence-corrected chi connectivity index (χ0v) is 14.2. The Morgan fingerprint density at radius 1 is 1.30 bits per heavy atom. The molecular formula is C18H20N2O2S. The molecule has 0 fully saturated rings. The minimum atomic E-state index is 0.0405. The molecule has 1 unspecified atom stereocenters. The van der Waals surface area contributed by atoms with Crippen molar-refractivity contribution in [2.75, 3.05) is 0 Å². The van der Waals surface area contributed by atoms with Gasteiger partial charge in [0.2, 0.25) is 5.91 Å². The summed E-state index contributed by atoms with van der Waals surface area (Å²) in [6.07, 6.45) is 1.91. The van der Waals surface area contributed by atoms with Gasteiger partial charge in [0.1, 0.15) is 5.76 Å². The minimum Gasteiger partial charge on any atom is -0.457 e. The van der Waals surface area contributed by atoms with Gasteiger partial charge in [0.15, 0.2) is 10.8 Å². The topological polar surface area (TPSA) is 55.1 Å². The molecule has 3 aromatic rings. The Morgan fingerprint density at radius 2 is 2.13 bits per heavy atom. The Morgan fingerprint density at radius 3 is 2.91 bits per heavy atom. The Balaban J connectivity index is 1.67. The van der Waals surface area contributed by atoms with E-state index in [0.717, 1.165) is 39.6 Å². The van der Waals surface area contributed by atoms with Crippen LogP contribution < -0.4 is 5.32 Å². The molecule has 23 heavy (non-hydrogen) atoms. The molecular weight excluding hydrogens is 308 g/mol. The maximum Gasteiger partial charge on any atom is 0.223 e. The van der Waals surface area contributed by atoms with Crippen LogP contribution in [0.4, 0.5) is 0 Å². The summed E-state index contributed by atoms with van der Waals surface area (Å²) >= 11 is 1.61. The van der Waals surface area contributed by atoms with Crippen molar-refractivity contribution in [1.82, 2.24) is 10.3 Å². The number of benzene rings is 1. The van der Waals surface area contributed by atoms with Crippen molar-refractivity contribution in [2.24, 2.45) is 5.92 Å². The van der Waals surface area contributed by atoms with E-state index in [1.54, 1.807) is 11.3 Å². The lowest BCUT2D eigenvalue weighted by Crippen LogP contribution is -2.28. The lowest BCUT2D eigenvalue weighted by Gasteiger charge is -2.09. The summed E-state index contributed by atoms with van der Waals surface area (Å²) in [5.74, 6) is 1.61. The minimum absolute atomic E-state index is 0.0405. The fourth-order valence-electron chi connectivity index (χ4n) is 2.48. The molecule has 5 heteroatoms. The third-order valence-corrected chi connectivity index (χ3v) is 4.82. The summed E-state index contributed by atoms with van der Waals surface area (Å²) in [5, 5.41) is 3.79. The standard InChI is InChI=1S/C18H20N2O2S/c1-3-6-12(2)17(21)19-11-13-9-10-15(22-13)18-20-14-7-4-5-8-16(14)23-18/h4-5,7-10,12H,3,6,11H2,1-2H3,(H,19,21). The number of para-hydroxylation sites is 1. The number of fused-ring (bicyclic) bond motifs is 1. The largest absolute Gasteiger partial charge is 0.457 e. The number of hydrogen-bond acceptors (Lipinski definition) is 4. The molecule has 2 aromatic heterocycles. The molecule has 2 heterocycles. The second kappa shape index (κ2) is 6.96. The number of furan rings is 1. The van der Waals surface area contributed by atoms with Crippen LogP contribution in [0.2, 0.25) is 0 Å². The molecule has 1 N–H and O–H groups in total. The molecule has 0 aliphatic rings. The third kappa shape index (κ3) is 3.62. The maximum absolute atomic E-state index is 11.9. The number of nitrogens with one attached hydrogen (secondary N) is 1. The monoisotopic (exact) mass is 328 g/mol. The Labute approximate surface area is 139 Å². The Kier molecular flexibility index (Phi) is 4.76. The number of carbonyl (C=O) groups is 1. The van der Waals surface area contributed by atoms with Crippen molar-refractivity contribution in [3.63, 3.8) is 0 Å². The van der Waals surface area contributed by atoms with Crippen LogP contribution in [0, 0.1) is 5.92 Å². The molecule has 0 aliphatic heterocycles. The maximum atomic E-state index is 11.9. The molecule has 120 valence electrons. The molecule has 0 saturated carbocycles. The zero-order valence-electron chi connectivity index (χ0n) is 13.3.